The van der Waals surface area contributed by atoms with Gasteiger partial charge in [-0.25, -0.2) is 4.79 Å². The Kier molecular flexibility index (Phi) is 3.51. The highest BCUT2D eigenvalue weighted by molar-refractivity contribution is 7.08. The van der Waals surface area contributed by atoms with Gasteiger partial charge in [0.1, 0.15) is 5.52 Å². The zero-order valence-electron chi connectivity index (χ0n) is 14.2. The maximum Gasteiger partial charge on any atom is 0.331 e. The molecule has 0 aliphatic rings. The number of aromatic nitrogens is 3. The van der Waals surface area contributed by atoms with Gasteiger partial charge in [0.05, 0.1) is 11.2 Å². The summed E-state index contributed by atoms with van der Waals surface area (Å²) in [6, 6.07) is 12.0. The molecule has 0 saturated heterocycles. The average molecular weight is 351 g/mol. The van der Waals surface area contributed by atoms with Crippen LogP contribution in [0, 0.1) is 6.92 Å². The third-order valence-electron chi connectivity index (χ3n) is 4.53. The van der Waals surface area contributed by atoms with Crippen molar-refractivity contribution in [2.45, 2.75) is 6.92 Å². The molecule has 6 heteroatoms. The molecule has 5 nitrogen and oxygen atoms in total. The molecule has 3 aromatic heterocycles. The number of rotatable bonds is 2. The van der Waals surface area contributed by atoms with Gasteiger partial charge < -0.3 is 4.57 Å². The summed E-state index contributed by atoms with van der Waals surface area (Å²) in [5.74, 6) is 0. The highest BCUT2D eigenvalue weighted by Crippen LogP contribution is 2.30. The monoisotopic (exact) mass is 351 g/mol. The molecule has 0 radical (unpaired) electrons. The lowest BCUT2D eigenvalue weighted by atomic mass is 10.2. The molecule has 0 bridgehead atoms. The summed E-state index contributed by atoms with van der Waals surface area (Å²) in [6.45, 7) is 2.03. The molecule has 0 amide bonds. The van der Waals surface area contributed by atoms with Gasteiger partial charge in [-0.1, -0.05) is 17.7 Å². The van der Waals surface area contributed by atoms with E-state index in [-0.39, 0.29) is 11.2 Å². The number of nitrogens with zero attached hydrogens (tertiary/aromatic N) is 3. The maximum atomic E-state index is 12.9. The van der Waals surface area contributed by atoms with Crippen LogP contribution < -0.4 is 11.2 Å². The van der Waals surface area contributed by atoms with E-state index in [0.717, 1.165) is 27.1 Å². The Morgan fingerprint density at radius 1 is 0.960 bits per heavy atom. The molecule has 0 N–H and O–H groups in total. The van der Waals surface area contributed by atoms with Crippen LogP contribution in [-0.2, 0) is 14.1 Å². The Balaban J connectivity index is 2.22. The van der Waals surface area contributed by atoms with Crippen molar-refractivity contribution in [1.29, 1.82) is 0 Å². The molecule has 1 aromatic carbocycles. The van der Waals surface area contributed by atoms with Crippen molar-refractivity contribution < 1.29 is 0 Å². The highest BCUT2D eigenvalue weighted by Gasteiger charge is 2.19. The molecule has 0 spiro atoms. The number of benzene rings is 1. The second-order valence-electron chi connectivity index (χ2n) is 6.15. The Bertz CT molecular complexity index is 1190. The largest absolute Gasteiger partial charge is 0.331 e. The van der Waals surface area contributed by atoms with E-state index in [2.05, 4.69) is 0 Å². The van der Waals surface area contributed by atoms with Crippen molar-refractivity contribution in [2.75, 3.05) is 0 Å². The van der Waals surface area contributed by atoms with E-state index in [1.54, 1.807) is 18.4 Å². The summed E-state index contributed by atoms with van der Waals surface area (Å²) >= 11 is 1.60. The Morgan fingerprint density at radius 2 is 1.68 bits per heavy atom. The fourth-order valence-electron chi connectivity index (χ4n) is 3.12. The number of hydrogen-bond donors (Lipinski definition) is 0. The van der Waals surface area contributed by atoms with E-state index in [1.807, 2.05) is 58.6 Å². The van der Waals surface area contributed by atoms with Crippen LogP contribution in [0.2, 0.25) is 0 Å². The molecular weight excluding hydrogens is 334 g/mol. The summed E-state index contributed by atoms with van der Waals surface area (Å²) in [5, 5.41) is 4.05. The van der Waals surface area contributed by atoms with Gasteiger partial charge in [-0.15, -0.1) is 0 Å². The topological polar surface area (TPSA) is 48.9 Å². The second-order valence-corrected chi connectivity index (χ2v) is 6.93. The van der Waals surface area contributed by atoms with Gasteiger partial charge in [0.15, 0.2) is 0 Å². The van der Waals surface area contributed by atoms with Gasteiger partial charge in [0.25, 0.3) is 5.56 Å². The quantitative estimate of drug-likeness (QED) is 0.557. The van der Waals surface area contributed by atoms with E-state index in [1.165, 1.54) is 11.6 Å². The van der Waals surface area contributed by atoms with Crippen LogP contribution in [0.3, 0.4) is 0 Å². The molecule has 4 rings (SSSR count). The summed E-state index contributed by atoms with van der Waals surface area (Å²) in [4.78, 5) is 25.2. The zero-order chi connectivity index (χ0) is 17.7. The molecular formula is C19H17N3O2S. The molecule has 4 aromatic rings. The second kappa shape index (κ2) is 5.60. The fraction of sp³-hybridized carbons (Fsp3) is 0.158. The third kappa shape index (κ3) is 2.29. The maximum absolute atomic E-state index is 12.9. The van der Waals surface area contributed by atoms with Crippen molar-refractivity contribution in [2.24, 2.45) is 14.1 Å². The van der Waals surface area contributed by atoms with Crippen molar-refractivity contribution >= 4 is 22.4 Å². The van der Waals surface area contributed by atoms with Crippen molar-refractivity contribution in [3.63, 3.8) is 0 Å². The summed E-state index contributed by atoms with van der Waals surface area (Å²) in [7, 11) is 3.21. The van der Waals surface area contributed by atoms with Gasteiger partial charge in [0, 0.05) is 30.7 Å². The fourth-order valence-corrected chi connectivity index (χ4v) is 3.77. The first-order valence-electron chi connectivity index (χ1n) is 7.90. The van der Waals surface area contributed by atoms with Crippen LogP contribution in [0.1, 0.15) is 5.56 Å². The van der Waals surface area contributed by atoms with Gasteiger partial charge in [0.2, 0.25) is 0 Å². The lowest BCUT2D eigenvalue weighted by Crippen LogP contribution is -2.37. The molecule has 0 unspecified atom stereocenters. The first-order valence-corrected chi connectivity index (χ1v) is 8.84. The zero-order valence-corrected chi connectivity index (χ0v) is 15.0. The van der Waals surface area contributed by atoms with E-state index in [9.17, 15) is 9.59 Å². The minimum Gasteiger partial charge on any atom is -0.303 e. The predicted molar refractivity (Wildman–Crippen MR) is 102 cm³/mol. The van der Waals surface area contributed by atoms with Crippen molar-refractivity contribution in [3.05, 3.63) is 73.6 Å². The summed E-state index contributed by atoms with van der Waals surface area (Å²) in [6.07, 6.45) is 0. The molecule has 0 fully saturated rings. The van der Waals surface area contributed by atoms with Crippen LogP contribution in [0.5, 0.6) is 0 Å². The van der Waals surface area contributed by atoms with E-state index >= 15 is 0 Å². The van der Waals surface area contributed by atoms with E-state index in [0.29, 0.717) is 11.0 Å². The molecule has 0 atom stereocenters. The van der Waals surface area contributed by atoms with Crippen molar-refractivity contribution in [3.8, 4) is 16.9 Å². The molecule has 3 heterocycles. The average Bonchev–Trinajstić information content (AvgIpc) is 3.26. The number of hydrogen-bond acceptors (Lipinski definition) is 3. The first-order chi connectivity index (χ1) is 12.0. The SMILES string of the molecule is Cc1ccc(-n2c(-c3ccsc3)cc3c2c(=O)n(C)c(=O)n3C)cc1. The van der Waals surface area contributed by atoms with Gasteiger partial charge in [-0.05, 0) is 36.6 Å². The van der Waals surface area contributed by atoms with Gasteiger partial charge in [-0.2, -0.15) is 11.3 Å². The Labute approximate surface area is 148 Å². The molecule has 0 aliphatic carbocycles. The smallest absolute Gasteiger partial charge is 0.303 e. The Morgan fingerprint density at radius 3 is 2.32 bits per heavy atom. The number of aryl methyl sites for hydroxylation is 2. The van der Waals surface area contributed by atoms with Gasteiger partial charge >= 0.3 is 5.69 Å². The predicted octanol–water partition coefficient (Wildman–Crippen LogP) is 3.06. The van der Waals surface area contributed by atoms with Crippen LogP contribution in [0.25, 0.3) is 28.0 Å². The molecule has 0 aliphatic heterocycles. The van der Waals surface area contributed by atoms with Crippen LogP contribution in [0.4, 0.5) is 0 Å². The standard InChI is InChI=1S/C19H17N3O2S/c1-12-4-6-14(7-5-12)22-15(13-8-9-25-11-13)10-16-17(22)18(23)21(3)19(24)20(16)2/h4-11H,1-3H3. The van der Waals surface area contributed by atoms with Crippen LogP contribution in [0.15, 0.2) is 56.7 Å². The Hall–Kier alpha value is -2.86. The molecule has 0 saturated carbocycles. The summed E-state index contributed by atoms with van der Waals surface area (Å²) in [5.41, 5.74) is 4.50. The van der Waals surface area contributed by atoms with Crippen LogP contribution >= 0.6 is 11.3 Å². The third-order valence-corrected chi connectivity index (χ3v) is 5.22. The molecule has 126 valence electrons. The van der Waals surface area contributed by atoms with Gasteiger partial charge in [-0.3, -0.25) is 13.9 Å². The minimum absolute atomic E-state index is 0.292. The van der Waals surface area contributed by atoms with Crippen molar-refractivity contribution in [1.82, 2.24) is 13.7 Å². The van der Waals surface area contributed by atoms with Crippen LogP contribution in [-0.4, -0.2) is 13.7 Å². The first kappa shape index (κ1) is 15.7. The lowest BCUT2D eigenvalue weighted by Gasteiger charge is -2.11. The number of thiophene rings is 1. The van der Waals surface area contributed by atoms with E-state index in [4.69, 9.17) is 0 Å². The highest BCUT2D eigenvalue weighted by atomic mass is 32.1. The molecule has 25 heavy (non-hydrogen) atoms. The van der Waals surface area contributed by atoms with E-state index < -0.39 is 0 Å². The number of fused-ring (bicyclic) bond motifs is 1. The summed E-state index contributed by atoms with van der Waals surface area (Å²) < 4.78 is 4.63. The minimum atomic E-state index is -0.324. The lowest BCUT2D eigenvalue weighted by molar-refractivity contribution is 0.711. The normalized spacial score (nSPS) is 11.3.